The lowest BCUT2D eigenvalue weighted by molar-refractivity contribution is 0.0908. The lowest BCUT2D eigenvalue weighted by atomic mass is 10.00. The summed E-state index contributed by atoms with van der Waals surface area (Å²) in [5.74, 6) is 0. The highest BCUT2D eigenvalue weighted by molar-refractivity contribution is 7.18. The second-order valence-corrected chi connectivity index (χ2v) is 8.28. The summed E-state index contributed by atoms with van der Waals surface area (Å²) < 4.78 is 1.55. The van der Waals surface area contributed by atoms with Crippen LogP contribution in [0.25, 0.3) is 10.2 Å². The van der Waals surface area contributed by atoms with Gasteiger partial charge < -0.3 is 5.11 Å². The minimum absolute atomic E-state index is 0.0557. The number of thiophene rings is 1. The van der Waals surface area contributed by atoms with Gasteiger partial charge in [-0.2, -0.15) is 0 Å². The summed E-state index contributed by atoms with van der Waals surface area (Å²) in [6, 6.07) is 8.46. The molecule has 3 aromatic rings. The molecule has 0 saturated carbocycles. The largest absolute Gasteiger partial charge is 0.390 e. The van der Waals surface area contributed by atoms with Crippen LogP contribution in [-0.4, -0.2) is 38.8 Å². The maximum absolute atomic E-state index is 12.8. The molecule has 4 rings (SSSR count). The summed E-state index contributed by atoms with van der Waals surface area (Å²) in [6.07, 6.45) is 1.97. The van der Waals surface area contributed by atoms with Crippen LogP contribution in [0.5, 0.6) is 0 Å². The first-order chi connectivity index (χ1) is 12.5. The summed E-state index contributed by atoms with van der Waals surface area (Å²) in [7, 11) is 0. The molecule has 1 aliphatic rings. The van der Waals surface area contributed by atoms with E-state index in [1.54, 1.807) is 22.2 Å². The number of β-amino-alcohol motifs (C(OH)–C–C–N with tert-alkyl or cyclic N) is 1. The molecule has 3 heterocycles. The van der Waals surface area contributed by atoms with Gasteiger partial charge in [-0.15, -0.1) is 11.3 Å². The number of nitrogens with zero attached hydrogens (tertiary/aromatic N) is 3. The molecule has 26 heavy (non-hydrogen) atoms. The minimum Gasteiger partial charge on any atom is -0.390 e. The Morgan fingerprint density at radius 2 is 2.00 bits per heavy atom. The third-order valence-electron chi connectivity index (χ3n) is 5.24. The second kappa shape index (κ2) is 6.95. The van der Waals surface area contributed by atoms with Crippen LogP contribution in [0.15, 0.2) is 35.4 Å². The Kier molecular flexibility index (Phi) is 4.65. The first kappa shape index (κ1) is 17.4. The fourth-order valence-corrected chi connectivity index (χ4v) is 4.68. The Morgan fingerprint density at radius 3 is 2.81 bits per heavy atom. The third-order valence-corrected chi connectivity index (χ3v) is 6.36. The lowest BCUT2D eigenvalue weighted by Gasteiger charge is -2.30. The summed E-state index contributed by atoms with van der Waals surface area (Å²) in [6.45, 7) is 6.58. The number of fused-ring (bicyclic) bond motifs is 2. The first-order valence-corrected chi connectivity index (χ1v) is 9.77. The van der Waals surface area contributed by atoms with Crippen LogP contribution in [0, 0.1) is 13.8 Å². The number of aliphatic hydroxyl groups excluding tert-OH is 1. The van der Waals surface area contributed by atoms with E-state index < -0.39 is 6.10 Å². The number of aryl methyl sites for hydroxylation is 2. The van der Waals surface area contributed by atoms with Gasteiger partial charge in [-0.05, 0) is 37.0 Å². The van der Waals surface area contributed by atoms with Gasteiger partial charge in [0.2, 0.25) is 0 Å². The van der Waals surface area contributed by atoms with Gasteiger partial charge in [0, 0.05) is 24.5 Å². The highest BCUT2D eigenvalue weighted by Crippen LogP contribution is 2.25. The molecule has 0 radical (unpaired) electrons. The Balaban J connectivity index is 1.48. The van der Waals surface area contributed by atoms with Crippen molar-refractivity contribution in [1.82, 2.24) is 14.5 Å². The van der Waals surface area contributed by atoms with Crippen LogP contribution in [0.4, 0.5) is 0 Å². The van der Waals surface area contributed by atoms with Gasteiger partial charge in [0.15, 0.2) is 0 Å². The van der Waals surface area contributed by atoms with Crippen LogP contribution in [0.3, 0.4) is 0 Å². The van der Waals surface area contributed by atoms with E-state index in [0.29, 0.717) is 11.9 Å². The standard InChI is InChI=1S/C20H23N3O2S/c1-13-14(2)26-19-18(13)20(25)23(12-21-19)11-17(24)10-22-8-7-15-5-3-4-6-16(15)9-22/h3-6,12,17,24H,7-11H2,1-2H3/t17-/m0/s1. The molecule has 1 atom stereocenters. The summed E-state index contributed by atoms with van der Waals surface area (Å²) in [5.41, 5.74) is 3.67. The van der Waals surface area contributed by atoms with E-state index in [0.717, 1.165) is 34.8 Å². The van der Waals surface area contributed by atoms with Gasteiger partial charge in [0.1, 0.15) is 4.83 Å². The van der Waals surface area contributed by atoms with E-state index in [1.807, 2.05) is 13.8 Å². The van der Waals surface area contributed by atoms with Crippen LogP contribution < -0.4 is 5.56 Å². The highest BCUT2D eigenvalue weighted by atomic mass is 32.1. The van der Waals surface area contributed by atoms with E-state index in [-0.39, 0.29) is 12.1 Å². The van der Waals surface area contributed by atoms with Crippen molar-refractivity contribution < 1.29 is 5.11 Å². The number of rotatable bonds is 4. The zero-order valence-electron chi connectivity index (χ0n) is 15.1. The van der Waals surface area contributed by atoms with Crippen molar-refractivity contribution in [3.05, 3.63) is 62.5 Å². The quantitative estimate of drug-likeness (QED) is 0.768. The molecule has 6 heteroatoms. The number of benzene rings is 1. The van der Waals surface area contributed by atoms with Gasteiger partial charge >= 0.3 is 0 Å². The van der Waals surface area contributed by atoms with E-state index in [2.05, 4.69) is 34.1 Å². The zero-order valence-corrected chi connectivity index (χ0v) is 15.9. The maximum atomic E-state index is 12.8. The van der Waals surface area contributed by atoms with Crippen molar-refractivity contribution in [3.8, 4) is 0 Å². The SMILES string of the molecule is Cc1sc2ncn(C[C@@H](O)CN3CCc4ccccc4C3)c(=O)c2c1C. The van der Waals surface area contributed by atoms with Crippen molar-refractivity contribution in [3.63, 3.8) is 0 Å². The predicted octanol–water partition coefficient (Wildman–Crippen LogP) is 2.49. The molecule has 1 aromatic carbocycles. The maximum Gasteiger partial charge on any atom is 0.262 e. The normalized spacial score (nSPS) is 16.0. The Bertz CT molecular complexity index is 1010. The molecule has 0 saturated heterocycles. The van der Waals surface area contributed by atoms with Crippen molar-refractivity contribution in [2.75, 3.05) is 13.1 Å². The Morgan fingerprint density at radius 1 is 1.23 bits per heavy atom. The number of hydrogen-bond acceptors (Lipinski definition) is 5. The fraction of sp³-hybridized carbons (Fsp3) is 0.400. The highest BCUT2D eigenvalue weighted by Gasteiger charge is 2.20. The summed E-state index contributed by atoms with van der Waals surface area (Å²) in [5, 5.41) is 11.2. The van der Waals surface area contributed by atoms with Gasteiger partial charge in [-0.1, -0.05) is 24.3 Å². The van der Waals surface area contributed by atoms with Crippen LogP contribution >= 0.6 is 11.3 Å². The molecule has 1 N–H and O–H groups in total. The van der Waals surface area contributed by atoms with E-state index in [1.165, 1.54) is 11.1 Å². The number of aliphatic hydroxyl groups is 1. The Hall–Kier alpha value is -2.02. The fourth-order valence-electron chi connectivity index (χ4n) is 3.69. The predicted molar refractivity (Wildman–Crippen MR) is 105 cm³/mol. The number of hydrogen-bond donors (Lipinski definition) is 1. The molecule has 0 amide bonds. The van der Waals surface area contributed by atoms with Gasteiger partial charge in [0.25, 0.3) is 5.56 Å². The molecular weight excluding hydrogens is 346 g/mol. The minimum atomic E-state index is -0.600. The van der Waals surface area contributed by atoms with E-state index in [4.69, 9.17) is 0 Å². The molecule has 0 unspecified atom stereocenters. The smallest absolute Gasteiger partial charge is 0.262 e. The van der Waals surface area contributed by atoms with Crippen molar-refractivity contribution >= 4 is 21.6 Å². The van der Waals surface area contributed by atoms with Crippen molar-refractivity contribution in [2.24, 2.45) is 0 Å². The third kappa shape index (κ3) is 3.20. The average Bonchev–Trinajstić information content (AvgIpc) is 2.92. The van der Waals surface area contributed by atoms with Gasteiger partial charge in [-0.25, -0.2) is 4.98 Å². The molecular formula is C20H23N3O2S. The van der Waals surface area contributed by atoms with Gasteiger partial charge in [-0.3, -0.25) is 14.3 Å². The first-order valence-electron chi connectivity index (χ1n) is 8.95. The summed E-state index contributed by atoms with van der Waals surface area (Å²) in [4.78, 5) is 21.3. The number of aromatic nitrogens is 2. The lowest BCUT2D eigenvalue weighted by Crippen LogP contribution is -2.39. The second-order valence-electron chi connectivity index (χ2n) is 7.07. The van der Waals surface area contributed by atoms with Gasteiger partial charge in [0.05, 0.1) is 24.4 Å². The molecule has 0 fully saturated rings. The van der Waals surface area contributed by atoms with E-state index >= 15 is 0 Å². The monoisotopic (exact) mass is 369 g/mol. The molecule has 2 aromatic heterocycles. The van der Waals surface area contributed by atoms with Crippen molar-refractivity contribution in [1.29, 1.82) is 0 Å². The van der Waals surface area contributed by atoms with E-state index in [9.17, 15) is 9.90 Å². The molecule has 1 aliphatic heterocycles. The molecule has 0 aliphatic carbocycles. The topological polar surface area (TPSA) is 58.4 Å². The molecule has 136 valence electrons. The zero-order chi connectivity index (χ0) is 18.3. The Labute approximate surface area is 156 Å². The van der Waals surface area contributed by atoms with Crippen molar-refractivity contribution in [2.45, 2.75) is 39.5 Å². The molecule has 0 spiro atoms. The van der Waals surface area contributed by atoms with Crippen LogP contribution in [0.1, 0.15) is 21.6 Å². The molecule has 5 nitrogen and oxygen atoms in total. The van der Waals surface area contributed by atoms with Crippen LogP contribution in [-0.2, 0) is 19.5 Å². The van der Waals surface area contributed by atoms with Crippen LogP contribution in [0.2, 0.25) is 0 Å². The average molecular weight is 369 g/mol. The summed E-state index contributed by atoms with van der Waals surface area (Å²) >= 11 is 1.55. The molecule has 0 bridgehead atoms.